The summed E-state index contributed by atoms with van der Waals surface area (Å²) in [5, 5.41) is 24.6. The van der Waals surface area contributed by atoms with E-state index in [9.17, 15) is 4.79 Å². The van der Waals surface area contributed by atoms with Crippen molar-refractivity contribution in [1.29, 1.82) is 0 Å². The molecule has 0 spiro atoms. The van der Waals surface area contributed by atoms with Crippen molar-refractivity contribution in [3.05, 3.63) is 309 Å². The number of fused-ring (bicyclic) bond motifs is 12. The first-order valence-corrected chi connectivity index (χ1v) is 51.7. The molecule has 0 unspecified atom stereocenters. The number of thiophene rings is 1. The van der Waals surface area contributed by atoms with Crippen molar-refractivity contribution in [3.63, 3.8) is 0 Å². The van der Waals surface area contributed by atoms with Gasteiger partial charge in [0.25, 0.3) is 0 Å². The number of para-hydroxylation sites is 3. The number of aryl methyl sites for hydroxylation is 1. The number of nitrogens with zero attached hydrogens (tertiary/aromatic N) is 6. The predicted octanol–water partition coefficient (Wildman–Crippen LogP) is 22.6. The van der Waals surface area contributed by atoms with E-state index < -0.39 is 32.3 Å². The molecule has 0 aliphatic rings. The second kappa shape index (κ2) is 37.5. The summed E-state index contributed by atoms with van der Waals surface area (Å²) < 4.78 is 16.9. The number of pyridine rings is 5. The molecule has 18 aromatic rings. The van der Waals surface area contributed by atoms with Gasteiger partial charge in [-0.2, -0.15) is 11.3 Å². The fourth-order valence-corrected chi connectivity index (χ4v) is 20.1. The zero-order valence-corrected chi connectivity index (χ0v) is 81.0. The van der Waals surface area contributed by atoms with Gasteiger partial charge in [-0.05, 0) is 128 Å². The van der Waals surface area contributed by atoms with Crippen LogP contribution >= 0.6 is 11.3 Å². The van der Waals surface area contributed by atoms with Crippen LogP contribution in [0, 0.1) is 31.2 Å². The van der Waals surface area contributed by atoms with Gasteiger partial charge in [0.05, 0.1) is 41.1 Å². The first kappa shape index (κ1) is 88.4. The Bertz CT molecular complexity index is 6270. The third-order valence-corrected chi connectivity index (χ3v) is 30.8. The SMILES string of the molecule is CC(=O)C=C(C)O.C[Si](C)(C)c1ccc(-c2[c-]cc3c(c2)c2ccccc2n3-c2ccccc2)nc1.C[Si](C)(C)c1ccc(-c2[c-]cc3oc4ccccc4c3c2)nc1.C[Si](C)(C)c1ccc(-c2[c-]cc3sc4ccccc4c3c2)nc1.Cc1ccc2c(n1)oc1c(-c3ccc([Si](C)(C)c4ccccc4)cn3)[c-]ccc12.[Ir].[Ir].[Ir].[Ir]. The molecule has 18 rings (SSSR count). The van der Waals surface area contributed by atoms with Gasteiger partial charge in [-0.3, -0.25) is 4.79 Å². The van der Waals surface area contributed by atoms with Gasteiger partial charge in [0.1, 0.15) is 13.7 Å². The molecule has 0 bridgehead atoms. The summed E-state index contributed by atoms with van der Waals surface area (Å²) in [4.78, 5) is 33.5. The smallest absolute Gasteiger partial charge is 0.216 e. The predicted molar refractivity (Wildman–Crippen MR) is 478 cm³/mol. The van der Waals surface area contributed by atoms with Gasteiger partial charge in [0.15, 0.2) is 5.78 Å². The molecule has 4 radical (unpaired) electrons. The number of furan rings is 2. The molecule has 0 amide bonds. The third kappa shape index (κ3) is 20.0. The van der Waals surface area contributed by atoms with E-state index in [0.29, 0.717) is 5.71 Å². The van der Waals surface area contributed by atoms with Crippen LogP contribution in [0.1, 0.15) is 19.5 Å². The summed E-state index contributed by atoms with van der Waals surface area (Å²) in [5.74, 6) is -0.0625. The summed E-state index contributed by atoms with van der Waals surface area (Å²) in [6.45, 7) is 30.6. The minimum Gasteiger partial charge on any atom is -0.512 e. The Morgan fingerprint density at radius 2 is 0.913 bits per heavy atom. The maximum atomic E-state index is 10.0. The normalized spacial score (nSPS) is 11.6. The number of ketones is 1. The molecule has 115 heavy (non-hydrogen) atoms. The van der Waals surface area contributed by atoms with Gasteiger partial charge in [-0.1, -0.05) is 256 Å². The maximum Gasteiger partial charge on any atom is 0.216 e. The Morgan fingerprint density at radius 1 is 0.417 bits per heavy atom. The Balaban J connectivity index is 0.000000156. The van der Waals surface area contributed by atoms with Crippen molar-refractivity contribution in [3.8, 4) is 50.7 Å². The molecule has 588 valence electrons. The Hall–Kier alpha value is -8.98. The van der Waals surface area contributed by atoms with E-state index in [0.717, 1.165) is 94.7 Å². The van der Waals surface area contributed by atoms with Crippen LogP contribution in [0.25, 0.3) is 137 Å². The fourth-order valence-electron chi connectivity index (χ4n) is 13.7. The fraction of sp³-hybridized carbons (Fsp3) is 0.146. The molecule has 9 heterocycles. The summed E-state index contributed by atoms with van der Waals surface area (Å²) in [5.41, 5.74) is 15.5. The van der Waals surface area contributed by atoms with Gasteiger partial charge < -0.3 is 38.4 Å². The summed E-state index contributed by atoms with van der Waals surface area (Å²) >= 11 is 1.83. The molecule has 10 nitrogen and oxygen atoms in total. The van der Waals surface area contributed by atoms with E-state index in [1.165, 1.54) is 87.8 Å². The van der Waals surface area contributed by atoms with Gasteiger partial charge in [-0.25, -0.2) is 4.98 Å². The number of allylic oxidation sites excluding steroid dienone is 2. The van der Waals surface area contributed by atoms with Crippen LogP contribution in [0.4, 0.5) is 0 Å². The minimum atomic E-state index is -1.77. The molecule has 9 aromatic carbocycles. The van der Waals surface area contributed by atoms with E-state index in [1.54, 1.807) is 0 Å². The van der Waals surface area contributed by atoms with Crippen molar-refractivity contribution in [1.82, 2.24) is 29.5 Å². The first-order chi connectivity index (χ1) is 53.2. The van der Waals surface area contributed by atoms with Crippen molar-refractivity contribution in [2.45, 2.75) is 92.8 Å². The van der Waals surface area contributed by atoms with Crippen LogP contribution in [-0.2, 0) is 85.2 Å². The molecule has 0 aliphatic carbocycles. The van der Waals surface area contributed by atoms with Crippen molar-refractivity contribution < 1.29 is 99.2 Å². The zero-order valence-electron chi connectivity index (χ0n) is 66.6. The molecule has 0 fully saturated rings. The van der Waals surface area contributed by atoms with Crippen molar-refractivity contribution in [2.75, 3.05) is 0 Å². The van der Waals surface area contributed by atoms with E-state index >= 15 is 0 Å². The average molecular weight is 2300 g/mol. The number of aromatic nitrogens is 6. The van der Waals surface area contributed by atoms with E-state index in [-0.39, 0.29) is 92.0 Å². The van der Waals surface area contributed by atoms with Gasteiger partial charge in [0.2, 0.25) is 5.71 Å². The number of aliphatic hydroxyl groups is 1. The number of benzene rings is 9. The summed E-state index contributed by atoms with van der Waals surface area (Å²) in [6.07, 6.45) is 9.30. The molecular weight excluding hydrogens is 2210 g/mol. The molecule has 0 saturated heterocycles. The van der Waals surface area contributed by atoms with Crippen LogP contribution in [0.2, 0.25) is 72.0 Å². The number of rotatable bonds is 11. The second-order valence-corrected chi connectivity index (χ2v) is 52.4. The second-order valence-electron chi connectivity index (χ2n) is 31.6. The molecule has 19 heteroatoms. The molecule has 1 N–H and O–H groups in total. The van der Waals surface area contributed by atoms with E-state index in [2.05, 4.69) is 311 Å². The van der Waals surface area contributed by atoms with Crippen LogP contribution in [0.15, 0.2) is 288 Å². The topological polar surface area (TPSA) is 133 Å². The average Bonchev–Trinajstić information content (AvgIpc) is 1.60. The maximum absolute atomic E-state index is 10.0. The standard InChI is InChI=1S/C26H23N2Si.C25H21N2OSi.C20H18NOSi.C20H18NSSi.C5H8O2.4Ir/c1-29(2,3)21-14-15-24(27-18-21)19-13-16-26-23(17-19)22-11-7-8-12-25(22)28(26)20-9-5-4-6-10-20;1-17-12-14-21-20-10-7-11-22(24(20)28-25(21)27-17)23-15-13-19(16-26-23)29(2,3)18-8-5-4-6-9-18;2*1-23(2,3)15-9-10-18(21-13-15)14-8-11-20-17(12-14)16-6-4-5-7-19(16)22-20;1-4(6)3-5(2)7;;;;/h4-12,14-18H,1-3H3;4-10,12-16H,1-3H3;2*4-7,9-13H,1-3H3;3,6H,1-2H3;;;;/q4*-1;;;;;. The number of carbonyl (C=O) groups is 1. The summed E-state index contributed by atoms with van der Waals surface area (Å²) in [6, 6.07) is 98.1. The monoisotopic (exact) mass is 2300 g/mol. The van der Waals surface area contributed by atoms with E-state index in [1.807, 2.05) is 85.5 Å². The van der Waals surface area contributed by atoms with Gasteiger partial charge in [-0.15, -0.1) is 89.5 Å². The van der Waals surface area contributed by atoms with Crippen LogP contribution < -0.4 is 25.9 Å². The van der Waals surface area contributed by atoms with E-state index in [4.69, 9.17) is 28.9 Å². The van der Waals surface area contributed by atoms with Crippen LogP contribution in [0.3, 0.4) is 0 Å². The van der Waals surface area contributed by atoms with Crippen molar-refractivity contribution in [2.24, 2.45) is 0 Å². The summed E-state index contributed by atoms with van der Waals surface area (Å²) in [7, 11) is -5.73. The number of aliphatic hydroxyl groups excluding tert-OH is 1. The zero-order chi connectivity index (χ0) is 77.9. The Kier molecular flexibility index (Phi) is 28.8. The quantitative estimate of drug-likeness (QED) is 0.0582. The van der Waals surface area contributed by atoms with Gasteiger partial charge in [0, 0.05) is 144 Å². The number of hydrogen-bond acceptors (Lipinski definition) is 10. The first-order valence-electron chi connectivity index (χ1n) is 37.4. The van der Waals surface area contributed by atoms with Crippen LogP contribution in [0.5, 0.6) is 0 Å². The molecule has 0 atom stereocenters. The molecule has 0 aliphatic heterocycles. The molecular formula is C96H88Ir4N6O4SSi4-4. The Morgan fingerprint density at radius 3 is 1.47 bits per heavy atom. The number of carbonyl (C=O) groups excluding carboxylic acids is 1. The van der Waals surface area contributed by atoms with Crippen molar-refractivity contribution >= 4 is 161 Å². The van der Waals surface area contributed by atoms with Gasteiger partial charge >= 0.3 is 0 Å². The third-order valence-electron chi connectivity index (χ3n) is 20.0. The molecule has 9 aromatic heterocycles. The molecule has 0 saturated carbocycles. The Labute approximate surface area is 735 Å². The largest absolute Gasteiger partial charge is 0.512 e. The van der Waals surface area contributed by atoms with Crippen LogP contribution in [-0.4, -0.2) is 72.7 Å². The minimum absolute atomic E-state index is 0. The number of hydrogen-bond donors (Lipinski definition) is 1.